The maximum absolute atomic E-state index is 13.1. The molecule has 1 aromatic heterocycles. The summed E-state index contributed by atoms with van der Waals surface area (Å²) in [5.41, 5.74) is 1.58. The van der Waals surface area contributed by atoms with Crippen molar-refractivity contribution in [2.24, 2.45) is 0 Å². The molecule has 0 spiro atoms. The maximum atomic E-state index is 13.1. The minimum Gasteiger partial charge on any atom is -0.390 e. The number of imidazole rings is 1. The number of aliphatic hydroxyl groups is 1. The Bertz CT molecular complexity index is 712. The summed E-state index contributed by atoms with van der Waals surface area (Å²) in [6.45, 7) is 0.339. The van der Waals surface area contributed by atoms with Crippen LogP contribution in [0.3, 0.4) is 0 Å². The molecule has 2 aromatic rings. The molecule has 0 atom stereocenters. The highest BCUT2D eigenvalue weighted by molar-refractivity contribution is 7.99. The van der Waals surface area contributed by atoms with E-state index in [1.165, 1.54) is 36.7 Å². The highest BCUT2D eigenvalue weighted by Gasteiger charge is 2.18. The molecule has 1 amide bonds. The van der Waals surface area contributed by atoms with Gasteiger partial charge < -0.3 is 15.0 Å². The summed E-state index contributed by atoms with van der Waals surface area (Å²) in [5.74, 6) is 0.0238. The van der Waals surface area contributed by atoms with Gasteiger partial charge in [0.2, 0.25) is 5.91 Å². The number of nitrogens with zero attached hydrogens (tertiary/aromatic N) is 2. The fraction of sp³-hybridized carbons (Fsp3) is 0.444. The Morgan fingerprint density at radius 2 is 2.04 bits per heavy atom. The Morgan fingerprint density at radius 3 is 2.72 bits per heavy atom. The Balaban J connectivity index is 1.63. The van der Waals surface area contributed by atoms with Gasteiger partial charge >= 0.3 is 0 Å². The quantitative estimate of drug-likeness (QED) is 0.743. The molecule has 7 heteroatoms. The zero-order chi connectivity index (χ0) is 17.6. The third-order valence-electron chi connectivity index (χ3n) is 4.37. The summed E-state index contributed by atoms with van der Waals surface area (Å²) < 4.78 is 14.9. The molecule has 0 bridgehead atoms. The lowest BCUT2D eigenvalue weighted by molar-refractivity contribution is -0.119. The topological polar surface area (TPSA) is 67.1 Å². The number of carbonyl (C=O) groups is 1. The minimum atomic E-state index is -0.282. The smallest absolute Gasteiger partial charge is 0.230 e. The van der Waals surface area contributed by atoms with Gasteiger partial charge in [0.15, 0.2) is 5.16 Å². The first-order valence-electron chi connectivity index (χ1n) is 8.47. The molecule has 5 nitrogen and oxygen atoms in total. The van der Waals surface area contributed by atoms with Gasteiger partial charge in [-0.1, -0.05) is 36.7 Å². The molecular weight excluding hydrogens is 341 g/mol. The van der Waals surface area contributed by atoms with E-state index in [9.17, 15) is 14.3 Å². The van der Waals surface area contributed by atoms with Gasteiger partial charge in [-0.05, 0) is 30.5 Å². The van der Waals surface area contributed by atoms with E-state index < -0.39 is 0 Å². The van der Waals surface area contributed by atoms with Crippen LogP contribution in [-0.4, -0.2) is 32.4 Å². The number of rotatable bonds is 7. The predicted molar refractivity (Wildman–Crippen MR) is 94.8 cm³/mol. The summed E-state index contributed by atoms with van der Waals surface area (Å²) in [6.07, 6.45) is 6.09. The van der Waals surface area contributed by atoms with Crippen molar-refractivity contribution in [1.82, 2.24) is 14.9 Å². The Hall–Kier alpha value is -1.86. The third-order valence-corrected chi connectivity index (χ3v) is 5.36. The summed E-state index contributed by atoms with van der Waals surface area (Å²) in [5, 5.41) is 13.2. The molecule has 1 saturated carbocycles. The van der Waals surface area contributed by atoms with Crippen molar-refractivity contribution >= 4 is 17.7 Å². The van der Waals surface area contributed by atoms with Gasteiger partial charge in [0.1, 0.15) is 5.82 Å². The molecule has 2 N–H and O–H groups in total. The number of halogens is 1. The van der Waals surface area contributed by atoms with Crippen LogP contribution in [0.1, 0.15) is 36.9 Å². The van der Waals surface area contributed by atoms with Gasteiger partial charge in [-0.3, -0.25) is 4.79 Å². The van der Waals surface area contributed by atoms with Crippen LogP contribution in [0.5, 0.6) is 0 Å². The number of amides is 1. The normalized spacial score (nSPS) is 14.8. The van der Waals surface area contributed by atoms with E-state index in [0.29, 0.717) is 29.2 Å². The van der Waals surface area contributed by atoms with Crippen LogP contribution in [0.2, 0.25) is 0 Å². The van der Waals surface area contributed by atoms with E-state index in [1.54, 1.807) is 18.3 Å². The van der Waals surface area contributed by atoms with Crippen molar-refractivity contribution in [1.29, 1.82) is 0 Å². The molecule has 0 radical (unpaired) electrons. The first kappa shape index (κ1) is 17.9. The zero-order valence-corrected chi connectivity index (χ0v) is 14.8. The maximum Gasteiger partial charge on any atom is 0.230 e. The molecule has 0 saturated heterocycles. The SMILES string of the molecule is O=C(CSc1ncc(CO)n1Cc1ccc(F)cc1)NC1CCCC1. The molecule has 1 aromatic carbocycles. The van der Waals surface area contributed by atoms with Crippen molar-refractivity contribution in [3.8, 4) is 0 Å². The standard InChI is InChI=1S/C18H22FN3O2S/c19-14-7-5-13(6-8-14)10-22-16(11-23)9-20-18(22)25-12-17(24)21-15-3-1-2-4-15/h5-9,15,23H,1-4,10-12H2,(H,21,24). The lowest BCUT2D eigenvalue weighted by atomic mass is 10.2. The highest BCUT2D eigenvalue weighted by atomic mass is 32.2. The molecule has 1 aliphatic carbocycles. The van der Waals surface area contributed by atoms with E-state index in [2.05, 4.69) is 10.3 Å². The van der Waals surface area contributed by atoms with Crippen LogP contribution in [0.25, 0.3) is 0 Å². The van der Waals surface area contributed by atoms with Crippen molar-refractivity contribution in [3.05, 3.63) is 47.5 Å². The van der Waals surface area contributed by atoms with Gasteiger partial charge in [-0.25, -0.2) is 9.37 Å². The van der Waals surface area contributed by atoms with Gasteiger partial charge in [0.25, 0.3) is 0 Å². The second-order valence-corrected chi connectivity index (χ2v) is 7.18. The number of benzene rings is 1. The number of thioether (sulfide) groups is 1. The van der Waals surface area contributed by atoms with Crippen LogP contribution in [-0.2, 0) is 17.9 Å². The summed E-state index contributed by atoms with van der Waals surface area (Å²) in [7, 11) is 0. The number of carbonyl (C=O) groups excluding carboxylic acids is 1. The van der Waals surface area contributed by atoms with Crippen LogP contribution >= 0.6 is 11.8 Å². The van der Waals surface area contributed by atoms with Crippen molar-refractivity contribution < 1.29 is 14.3 Å². The molecule has 1 aliphatic rings. The number of hydrogen-bond donors (Lipinski definition) is 2. The summed E-state index contributed by atoms with van der Waals surface area (Å²) >= 11 is 1.35. The number of hydrogen-bond acceptors (Lipinski definition) is 4. The molecule has 0 unspecified atom stereocenters. The largest absolute Gasteiger partial charge is 0.390 e. The number of aromatic nitrogens is 2. The van der Waals surface area contributed by atoms with E-state index in [1.807, 2.05) is 4.57 Å². The lowest BCUT2D eigenvalue weighted by Crippen LogP contribution is -2.33. The van der Waals surface area contributed by atoms with Crippen molar-refractivity contribution in [2.75, 3.05) is 5.75 Å². The Kier molecular flexibility index (Phi) is 6.09. The second-order valence-electron chi connectivity index (χ2n) is 6.24. The lowest BCUT2D eigenvalue weighted by Gasteiger charge is -2.13. The van der Waals surface area contributed by atoms with E-state index in [0.717, 1.165) is 18.4 Å². The van der Waals surface area contributed by atoms with Crippen molar-refractivity contribution in [3.63, 3.8) is 0 Å². The highest BCUT2D eigenvalue weighted by Crippen LogP contribution is 2.22. The molecule has 0 aliphatic heterocycles. The van der Waals surface area contributed by atoms with E-state index in [-0.39, 0.29) is 18.3 Å². The first-order valence-corrected chi connectivity index (χ1v) is 9.46. The van der Waals surface area contributed by atoms with Crippen LogP contribution in [0.4, 0.5) is 4.39 Å². The predicted octanol–water partition coefficient (Wildman–Crippen LogP) is 2.71. The van der Waals surface area contributed by atoms with Gasteiger partial charge in [-0.2, -0.15) is 0 Å². The molecule has 134 valence electrons. The monoisotopic (exact) mass is 363 g/mol. The first-order chi connectivity index (χ1) is 12.2. The number of aliphatic hydroxyl groups excluding tert-OH is 1. The molecule has 1 heterocycles. The van der Waals surface area contributed by atoms with Crippen LogP contribution in [0.15, 0.2) is 35.6 Å². The fourth-order valence-electron chi connectivity index (χ4n) is 3.04. The molecule has 3 rings (SSSR count). The Morgan fingerprint density at radius 1 is 1.32 bits per heavy atom. The van der Waals surface area contributed by atoms with Gasteiger partial charge in [0.05, 0.1) is 24.3 Å². The Labute approximate surface area is 150 Å². The third kappa shape index (κ3) is 4.83. The summed E-state index contributed by atoms with van der Waals surface area (Å²) in [6, 6.07) is 6.54. The van der Waals surface area contributed by atoms with Gasteiger partial charge in [0, 0.05) is 12.6 Å². The van der Waals surface area contributed by atoms with E-state index in [4.69, 9.17) is 0 Å². The average molecular weight is 363 g/mol. The average Bonchev–Trinajstić information content (AvgIpc) is 3.25. The molecule has 1 fully saturated rings. The minimum absolute atomic E-state index is 0.0128. The van der Waals surface area contributed by atoms with Crippen molar-refractivity contribution in [2.45, 2.75) is 50.0 Å². The zero-order valence-electron chi connectivity index (χ0n) is 13.9. The number of nitrogens with one attached hydrogen (secondary N) is 1. The molecular formula is C18H22FN3O2S. The fourth-order valence-corrected chi connectivity index (χ4v) is 3.85. The molecule has 25 heavy (non-hydrogen) atoms. The van der Waals surface area contributed by atoms with Crippen LogP contribution < -0.4 is 5.32 Å². The second kappa shape index (κ2) is 8.49. The van der Waals surface area contributed by atoms with Gasteiger partial charge in [-0.15, -0.1) is 0 Å². The van der Waals surface area contributed by atoms with E-state index >= 15 is 0 Å². The van der Waals surface area contributed by atoms with Crippen LogP contribution in [0, 0.1) is 5.82 Å². The summed E-state index contributed by atoms with van der Waals surface area (Å²) in [4.78, 5) is 16.4.